The Labute approximate surface area is 141 Å². The van der Waals surface area contributed by atoms with Crippen molar-refractivity contribution >= 4 is 17.5 Å². The van der Waals surface area contributed by atoms with E-state index in [0.717, 1.165) is 11.1 Å². The molecule has 0 unspecified atom stereocenters. The highest BCUT2D eigenvalue weighted by Crippen LogP contribution is 2.12. The van der Waals surface area contributed by atoms with Gasteiger partial charge in [0.15, 0.2) is 0 Å². The predicted molar refractivity (Wildman–Crippen MR) is 91.9 cm³/mol. The quantitative estimate of drug-likeness (QED) is 0.882. The molecular formula is C19H21FN2O2. The zero-order valence-corrected chi connectivity index (χ0v) is 13.9. The van der Waals surface area contributed by atoms with Gasteiger partial charge in [0.05, 0.1) is 0 Å². The molecule has 0 atom stereocenters. The zero-order chi connectivity index (χ0) is 17.5. The molecule has 0 saturated carbocycles. The molecule has 0 saturated heterocycles. The van der Waals surface area contributed by atoms with E-state index in [2.05, 4.69) is 5.32 Å². The number of nitrogens with one attached hydrogen (secondary N) is 1. The van der Waals surface area contributed by atoms with Crippen LogP contribution < -0.4 is 5.32 Å². The third kappa shape index (κ3) is 5.19. The van der Waals surface area contributed by atoms with Crippen LogP contribution in [0, 0.1) is 12.7 Å². The number of benzene rings is 2. The fraction of sp³-hybridized carbons (Fsp3) is 0.263. The lowest BCUT2D eigenvalue weighted by atomic mass is 10.1. The molecular weight excluding hydrogens is 307 g/mol. The summed E-state index contributed by atoms with van der Waals surface area (Å²) in [6.07, 6.45) is 0.155. The van der Waals surface area contributed by atoms with Gasteiger partial charge in [-0.1, -0.05) is 30.3 Å². The van der Waals surface area contributed by atoms with Crippen molar-refractivity contribution in [3.63, 3.8) is 0 Å². The molecule has 0 aromatic heterocycles. The Morgan fingerprint density at radius 1 is 1.12 bits per heavy atom. The van der Waals surface area contributed by atoms with Crippen LogP contribution in [0.1, 0.15) is 24.5 Å². The number of amides is 2. The van der Waals surface area contributed by atoms with Crippen LogP contribution in [0.25, 0.3) is 0 Å². The minimum absolute atomic E-state index is 0.0863. The van der Waals surface area contributed by atoms with Gasteiger partial charge < -0.3 is 10.2 Å². The number of halogens is 1. The van der Waals surface area contributed by atoms with Crippen LogP contribution in [0.3, 0.4) is 0 Å². The highest BCUT2D eigenvalue weighted by Gasteiger charge is 2.13. The number of hydrogen-bond acceptors (Lipinski definition) is 2. The van der Waals surface area contributed by atoms with Gasteiger partial charge in [-0.15, -0.1) is 0 Å². The Bertz CT molecular complexity index is 731. The molecule has 2 aromatic rings. The van der Waals surface area contributed by atoms with Crippen molar-refractivity contribution in [2.24, 2.45) is 0 Å². The summed E-state index contributed by atoms with van der Waals surface area (Å²) in [5.74, 6) is -0.744. The normalized spacial score (nSPS) is 10.3. The molecule has 24 heavy (non-hydrogen) atoms. The third-order valence-corrected chi connectivity index (χ3v) is 3.78. The number of hydrogen-bond donors (Lipinski definition) is 1. The van der Waals surface area contributed by atoms with Gasteiger partial charge in [0.1, 0.15) is 5.82 Å². The van der Waals surface area contributed by atoms with Crippen molar-refractivity contribution in [2.45, 2.75) is 26.8 Å². The number of nitrogens with zero attached hydrogens (tertiary/aromatic N) is 1. The van der Waals surface area contributed by atoms with E-state index in [1.165, 1.54) is 25.1 Å². The van der Waals surface area contributed by atoms with Gasteiger partial charge in [0.25, 0.3) is 0 Å². The van der Waals surface area contributed by atoms with Gasteiger partial charge in [-0.25, -0.2) is 4.39 Å². The maximum atomic E-state index is 13.1. The van der Waals surface area contributed by atoms with Crippen LogP contribution in [0.15, 0.2) is 48.5 Å². The molecule has 0 aliphatic rings. The van der Waals surface area contributed by atoms with E-state index in [1.54, 1.807) is 11.0 Å². The highest BCUT2D eigenvalue weighted by atomic mass is 19.1. The first-order valence-electron chi connectivity index (χ1n) is 7.81. The maximum Gasteiger partial charge on any atom is 0.226 e. The van der Waals surface area contributed by atoms with Crippen molar-refractivity contribution in [1.82, 2.24) is 4.90 Å². The molecule has 4 nitrogen and oxygen atoms in total. The molecule has 5 heteroatoms. The van der Waals surface area contributed by atoms with E-state index in [9.17, 15) is 14.0 Å². The van der Waals surface area contributed by atoms with Gasteiger partial charge in [-0.2, -0.15) is 0 Å². The lowest BCUT2D eigenvalue weighted by molar-refractivity contribution is -0.129. The first-order chi connectivity index (χ1) is 11.5. The molecule has 2 aromatic carbocycles. The summed E-state index contributed by atoms with van der Waals surface area (Å²) in [5, 5.41) is 2.64. The SMILES string of the molecule is CC(=O)N(CCC(=O)Nc1cccc(F)c1)Cc1ccccc1C. The first-order valence-corrected chi connectivity index (χ1v) is 7.81. The van der Waals surface area contributed by atoms with Crippen LogP contribution in [-0.2, 0) is 16.1 Å². The van der Waals surface area contributed by atoms with Crippen molar-refractivity contribution < 1.29 is 14.0 Å². The highest BCUT2D eigenvalue weighted by molar-refractivity contribution is 5.91. The average molecular weight is 328 g/mol. The van der Waals surface area contributed by atoms with E-state index >= 15 is 0 Å². The van der Waals surface area contributed by atoms with Gasteiger partial charge >= 0.3 is 0 Å². The van der Waals surface area contributed by atoms with Crippen LogP contribution in [0.2, 0.25) is 0 Å². The summed E-state index contributed by atoms with van der Waals surface area (Å²) in [5.41, 5.74) is 2.57. The second-order valence-corrected chi connectivity index (χ2v) is 5.68. The fourth-order valence-corrected chi connectivity index (χ4v) is 2.37. The number of carbonyl (C=O) groups is 2. The van der Waals surface area contributed by atoms with Gasteiger partial charge in [-0.3, -0.25) is 9.59 Å². The monoisotopic (exact) mass is 328 g/mol. The molecule has 0 aliphatic heterocycles. The minimum Gasteiger partial charge on any atom is -0.338 e. The standard InChI is InChI=1S/C19H21FN2O2/c1-14-6-3-4-7-16(14)13-22(15(2)23)11-10-19(24)21-18-9-5-8-17(20)12-18/h3-9,12H,10-11,13H2,1-2H3,(H,21,24). The predicted octanol–water partition coefficient (Wildman–Crippen LogP) is 3.51. The Morgan fingerprint density at radius 3 is 2.54 bits per heavy atom. The van der Waals surface area contributed by atoms with Crippen LogP contribution in [0.5, 0.6) is 0 Å². The fourth-order valence-electron chi connectivity index (χ4n) is 2.37. The van der Waals surface area contributed by atoms with Crippen LogP contribution >= 0.6 is 0 Å². The minimum atomic E-state index is -0.405. The molecule has 0 bridgehead atoms. The third-order valence-electron chi connectivity index (χ3n) is 3.78. The van der Waals surface area contributed by atoms with E-state index in [1.807, 2.05) is 31.2 Å². The van der Waals surface area contributed by atoms with E-state index in [0.29, 0.717) is 18.8 Å². The second kappa shape index (κ2) is 8.24. The molecule has 2 amide bonds. The smallest absolute Gasteiger partial charge is 0.226 e. The Morgan fingerprint density at radius 2 is 1.88 bits per heavy atom. The molecule has 2 rings (SSSR count). The second-order valence-electron chi connectivity index (χ2n) is 5.68. The molecule has 0 aliphatic carbocycles. The summed E-state index contributed by atoms with van der Waals surface area (Å²) in [4.78, 5) is 25.5. The van der Waals surface area contributed by atoms with Crippen LogP contribution in [-0.4, -0.2) is 23.3 Å². The number of carbonyl (C=O) groups excluding carboxylic acids is 2. The van der Waals surface area contributed by atoms with Gasteiger partial charge in [0.2, 0.25) is 11.8 Å². The first kappa shape index (κ1) is 17.7. The molecule has 126 valence electrons. The van der Waals surface area contributed by atoms with Crippen LogP contribution in [0.4, 0.5) is 10.1 Å². The van der Waals surface area contributed by atoms with Crippen molar-refractivity contribution in [2.75, 3.05) is 11.9 Å². The summed E-state index contributed by atoms with van der Waals surface area (Å²) < 4.78 is 13.1. The van der Waals surface area contributed by atoms with E-state index in [4.69, 9.17) is 0 Å². The largest absolute Gasteiger partial charge is 0.338 e. The lowest BCUT2D eigenvalue weighted by Gasteiger charge is -2.22. The van der Waals surface area contributed by atoms with E-state index in [-0.39, 0.29) is 18.2 Å². The van der Waals surface area contributed by atoms with Crippen molar-refractivity contribution in [3.05, 3.63) is 65.5 Å². The van der Waals surface area contributed by atoms with Crippen molar-refractivity contribution in [1.29, 1.82) is 0 Å². The molecule has 1 N–H and O–H groups in total. The Hall–Kier alpha value is -2.69. The summed E-state index contributed by atoms with van der Waals surface area (Å²) >= 11 is 0. The van der Waals surface area contributed by atoms with Crippen molar-refractivity contribution in [3.8, 4) is 0 Å². The zero-order valence-electron chi connectivity index (χ0n) is 13.9. The Balaban J connectivity index is 1.92. The number of aryl methyl sites for hydroxylation is 1. The number of anilines is 1. The molecule has 0 fully saturated rings. The Kier molecular flexibility index (Phi) is 6.07. The summed E-state index contributed by atoms with van der Waals surface area (Å²) in [7, 11) is 0. The maximum absolute atomic E-state index is 13.1. The van der Waals surface area contributed by atoms with E-state index < -0.39 is 5.82 Å². The molecule has 0 radical (unpaired) electrons. The van der Waals surface area contributed by atoms with Gasteiger partial charge in [-0.05, 0) is 36.2 Å². The summed E-state index contributed by atoms with van der Waals surface area (Å²) in [6.45, 7) is 4.26. The topological polar surface area (TPSA) is 49.4 Å². The van der Waals surface area contributed by atoms with Gasteiger partial charge in [0, 0.05) is 32.1 Å². The number of rotatable bonds is 6. The molecule has 0 heterocycles. The molecule has 0 spiro atoms. The average Bonchev–Trinajstić information content (AvgIpc) is 2.52. The summed E-state index contributed by atoms with van der Waals surface area (Å²) in [6, 6.07) is 13.6. The lowest BCUT2D eigenvalue weighted by Crippen LogP contribution is -2.31.